The Morgan fingerprint density at radius 2 is 0.936 bits per heavy atom. The average Bonchev–Trinajstić information content (AvgIpc) is 1.63. The maximum absolute atomic E-state index is 11.2. The number of ether oxygens (including phenoxy) is 6. The van der Waals surface area contributed by atoms with Crippen LogP contribution in [0.4, 0.5) is 0 Å². The van der Waals surface area contributed by atoms with E-state index in [0.29, 0.717) is 121 Å². The Labute approximate surface area is 542 Å². The summed E-state index contributed by atoms with van der Waals surface area (Å²) in [5, 5.41) is 82.5. The summed E-state index contributed by atoms with van der Waals surface area (Å²) in [6.45, 7) is 17.7. The molecule has 480 valence electrons. The molecule has 4 aliphatic heterocycles. The molecule has 4 aromatic carbocycles. The third kappa shape index (κ3) is 11.9. The number of hydrogen-bond donors (Lipinski definition) is 4. The number of aliphatic carboxylic acids is 1. The number of fused-ring (bicyclic) bond motifs is 6. The highest BCUT2D eigenvalue weighted by Gasteiger charge is 2.35. The first-order chi connectivity index (χ1) is 45.0. The molecular weight excluding hydrogens is 1260 g/mol. The van der Waals surface area contributed by atoms with Crippen molar-refractivity contribution >= 4 is 75.3 Å². The van der Waals surface area contributed by atoms with Crippen molar-refractivity contribution in [3.05, 3.63) is 157 Å². The molecule has 0 bridgehead atoms. The summed E-state index contributed by atoms with van der Waals surface area (Å²) in [5.41, 5.74) is 13.1. The van der Waals surface area contributed by atoms with Gasteiger partial charge in [-0.25, -0.2) is 32.7 Å². The number of benzene rings is 4. The largest absolute Gasteiger partial charge is 0.495 e. The standard InChI is InChI=1S/C17H15N3O4.C16H15ClN4O3.C15H13ClN4O3.C15H12N4O4/c1-8-14-16(20-19-15(8)17(21)22)13(9(2)18-14)10-3-4-11-12(7-10)24-6-5-23-11;1-4-24-12-7-10(5-6-11(12)17)13-8(2)20-21-9(3)14(16(22)23)18-19-15(13)21;1-7-12(9-4-5-10(16)11(6-9)23-3)14-18-17-13(15(21)22)8(2)20(14)19-7;1-7-12(9-3-4-10-11(5-9)23-6-22-10)14-17-16-13(15(20)21)8(2)19(14)18-7/h3-4,7,14H,5-6H2,1-2H3,(H,21,22);5-7H,4H2,1-3H3,(H,22,23);4-6H,1-3H3,(H,21,22);3-5H,6H2,1-2H3,(H,20,21). The lowest BCUT2D eigenvalue weighted by Gasteiger charge is -2.19. The van der Waals surface area contributed by atoms with Crippen LogP contribution in [0.25, 0.3) is 55.9 Å². The number of rotatable bonds is 11. The van der Waals surface area contributed by atoms with Crippen LogP contribution < -0.4 is 28.4 Å². The van der Waals surface area contributed by atoms with E-state index in [1.54, 1.807) is 45.9 Å². The minimum absolute atomic E-state index is 0.0382. The Kier molecular flexibility index (Phi) is 17.7. The average molecular weight is 1320 g/mol. The second kappa shape index (κ2) is 26.0. The van der Waals surface area contributed by atoms with Crippen molar-refractivity contribution in [1.29, 1.82) is 0 Å². The molecule has 4 N–H and O–H groups in total. The van der Waals surface area contributed by atoms with E-state index in [0.717, 1.165) is 55.9 Å². The van der Waals surface area contributed by atoms with Crippen LogP contribution in [0.15, 0.2) is 105 Å². The van der Waals surface area contributed by atoms with E-state index in [9.17, 15) is 24.3 Å². The first-order valence-electron chi connectivity index (χ1n) is 28.6. The first kappa shape index (κ1) is 64.1. The van der Waals surface area contributed by atoms with Crippen molar-refractivity contribution in [2.45, 2.75) is 68.4 Å². The first-order valence-corrected chi connectivity index (χ1v) is 29.3. The predicted octanol–water partition coefficient (Wildman–Crippen LogP) is 10.6. The number of allylic oxidation sites excluding steroid dienone is 1. The van der Waals surface area contributed by atoms with Gasteiger partial charge in [0.2, 0.25) is 6.79 Å². The van der Waals surface area contributed by atoms with Crippen molar-refractivity contribution in [2.24, 2.45) is 15.2 Å². The Balaban J connectivity index is 0.000000128. The zero-order chi connectivity index (χ0) is 67.1. The smallest absolute Gasteiger partial charge is 0.358 e. The molecule has 0 aliphatic carbocycles. The molecule has 0 fully saturated rings. The van der Waals surface area contributed by atoms with Gasteiger partial charge >= 0.3 is 23.9 Å². The van der Waals surface area contributed by atoms with E-state index in [4.69, 9.17) is 66.9 Å². The number of methoxy groups -OCH3 is 1. The maximum atomic E-state index is 11.2. The van der Waals surface area contributed by atoms with Crippen LogP contribution in [0, 0.1) is 41.5 Å². The fraction of sp³-hybridized carbons (Fsp3) is 0.238. The minimum Gasteiger partial charge on any atom is -0.495 e. The lowest BCUT2D eigenvalue weighted by molar-refractivity contribution is -0.132. The number of azo groups is 1. The molecule has 0 spiro atoms. The molecule has 0 amide bonds. The number of aromatic nitrogens is 12. The van der Waals surface area contributed by atoms with Gasteiger partial charge in [0.05, 0.1) is 74.6 Å². The third-order valence-corrected chi connectivity index (χ3v) is 16.0. The van der Waals surface area contributed by atoms with Gasteiger partial charge in [0.25, 0.3) is 0 Å². The molecular formula is C63H55Cl2N15O14. The van der Waals surface area contributed by atoms with Gasteiger partial charge in [0.1, 0.15) is 36.5 Å². The molecule has 0 saturated carbocycles. The Morgan fingerprint density at radius 3 is 1.41 bits per heavy atom. The molecule has 10 heterocycles. The molecule has 0 radical (unpaired) electrons. The molecule has 31 heteroatoms. The van der Waals surface area contributed by atoms with Crippen LogP contribution in [-0.2, 0) is 4.79 Å². The Morgan fingerprint density at radius 1 is 0.521 bits per heavy atom. The number of aryl methyl sites for hydroxylation is 6. The van der Waals surface area contributed by atoms with Crippen molar-refractivity contribution in [2.75, 3.05) is 33.7 Å². The van der Waals surface area contributed by atoms with Gasteiger partial charge in [-0.1, -0.05) is 47.5 Å². The summed E-state index contributed by atoms with van der Waals surface area (Å²) in [6, 6.07) is 21.6. The zero-order valence-electron chi connectivity index (χ0n) is 51.7. The van der Waals surface area contributed by atoms with Gasteiger partial charge in [-0.3, -0.25) is 4.99 Å². The van der Waals surface area contributed by atoms with Crippen LogP contribution in [0.5, 0.6) is 34.5 Å². The molecule has 4 aliphatic rings. The SMILES string of the molecule is CC1=NC2C(C)=C(C(=O)O)N=NC2=C1c1ccc2c(c1)OCCO2.CCOc1cc(-c2c(C)nn3c(C)c(C(=O)O)nnc23)ccc1Cl.COc1cc(-c2c(C)nn3c(C)c(C(=O)O)nnc23)ccc1Cl.Cc1nn2c(C)c(C(=O)O)nnc2c1-c1ccc2c(c1)OCO2. The van der Waals surface area contributed by atoms with Crippen molar-refractivity contribution in [1.82, 2.24) is 59.4 Å². The van der Waals surface area contributed by atoms with Crippen LogP contribution in [0.2, 0.25) is 10.0 Å². The summed E-state index contributed by atoms with van der Waals surface area (Å²) in [5.74, 6) is -0.626. The third-order valence-electron chi connectivity index (χ3n) is 15.3. The van der Waals surface area contributed by atoms with Crippen LogP contribution in [0.1, 0.15) is 92.0 Å². The van der Waals surface area contributed by atoms with Crippen LogP contribution >= 0.6 is 23.2 Å². The van der Waals surface area contributed by atoms with Gasteiger partial charge in [-0.15, -0.1) is 35.7 Å². The van der Waals surface area contributed by atoms with E-state index >= 15 is 0 Å². The van der Waals surface area contributed by atoms with Crippen molar-refractivity contribution < 1.29 is 68.0 Å². The highest BCUT2D eigenvalue weighted by molar-refractivity contribution is 6.32. The molecule has 94 heavy (non-hydrogen) atoms. The predicted molar refractivity (Wildman–Crippen MR) is 338 cm³/mol. The summed E-state index contributed by atoms with van der Waals surface area (Å²) in [7, 11) is 1.54. The van der Waals surface area contributed by atoms with Gasteiger partial charge in [0, 0.05) is 11.3 Å². The molecule has 1 atom stereocenters. The van der Waals surface area contributed by atoms with E-state index in [1.807, 2.05) is 89.2 Å². The number of aromatic carboxylic acids is 3. The molecule has 14 rings (SSSR count). The lowest BCUT2D eigenvalue weighted by Crippen LogP contribution is -2.16. The van der Waals surface area contributed by atoms with Gasteiger partial charge in [-0.05, 0) is 139 Å². The molecule has 0 saturated heterocycles. The zero-order valence-corrected chi connectivity index (χ0v) is 53.2. The molecule has 29 nitrogen and oxygen atoms in total. The summed E-state index contributed by atoms with van der Waals surface area (Å²) < 4.78 is 37.2. The lowest BCUT2D eigenvalue weighted by atomic mass is 9.96. The van der Waals surface area contributed by atoms with Gasteiger partial charge in [0.15, 0.2) is 62.7 Å². The van der Waals surface area contributed by atoms with Gasteiger partial charge in [-0.2, -0.15) is 20.4 Å². The van der Waals surface area contributed by atoms with Crippen molar-refractivity contribution in [3.8, 4) is 67.9 Å². The number of halogens is 2. The van der Waals surface area contributed by atoms with E-state index < -0.39 is 29.9 Å². The summed E-state index contributed by atoms with van der Waals surface area (Å²) in [6.07, 6.45) is 0. The topological polar surface area (TPSA) is 371 Å². The fourth-order valence-corrected chi connectivity index (χ4v) is 11.2. The van der Waals surface area contributed by atoms with E-state index in [-0.39, 0.29) is 29.6 Å². The quantitative estimate of drug-likeness (QED) is 0.0934. The Bertz CT molecular complexity index is 4850. The summed E-state index contributed by atoms with van der Waals surface area (Å²) in [4.78, 5) is 49.4. The second-order valence-electron chi connectivity index (χ2n) is 21.2. The molecule has 1 unspecified atom stereocenters. The molecule has 10 aromatic rings. The van der Waals surface area contributed by atoms with E-state index in [1.165, 1.54) is 20.7 Å². The normalized spacial score (nSPS) is 14.2. The Hall–Kier alpha value is -11.5. The maximum Gasteiger partial charge on any atom is 0.358 e. The van der Waals surface area contributed by atoms with Gasteiger partial charge < -0.3 is 48.8 Å². The van der Waals surface area contributed by atoms with Crippen LogP contribution in [0.3, 0.4) is 0 Å². The second-order valence-corrected chi connectivity index (χ2v) is 22.0. The number of carbonyl (C=O) groups is 4. The van der Waals surface area contributed by atoms with E-state index in [2.05, 4.69) is 61.1 Å². The summed E-state index contributed by atoms with van der Waals surface area (Å²) >= 11 is 12.2. The number of nitrogens with zero attached hydrogens (tertiary/aromatic N) is 15. The number of hydrogen-bond acceptors (Lipinski definition) is 22. The fourth-order valence-electron chi connectivity index (χ4n) is 10.9. The highest BCUT2D eigenvalue weighted by Crippen LogP contribution is 2.43. The number of aliphatic imine (C=N–C) groups is 1. The highest BCUT2D eigenvalue weighted by atomic mass is 35.5. The van der Waals surface area contributed by atoms with Crippen LogP contribution in [-0.4, -0.2) is 149 Å². The number of carboxylic acid groups (broad SMARTS) is 4. The molecule has 6 aromatic heterocycles. The minimum atomic E-state index is -1.14. The van der Waals surface area contributed by atoms with Crippen molar-refractivity contribution in [3.63, 3.8) is 0 Å². The monoisotopic (exact) mass is 1320 g/mol. The number of carboxylic acids is 4.